The normalized spacial score (nSPS) is 14.8. The van der Waals surface area contributed by atoms with E-state index in [1.807, 2.05) is 0 Å². The second-order valence-corrected chi connectivity index (χ2v) is 4.64. The highest BCUT2D eigenvalue weighted by molar-refractivity contribution is 5.30. The van der Waals surface area contributed by atoms with E-state index in [0.717, 1.165) is 17.7 Å². The summed E-state index contributed by atoms with van der Waals surface area (Å²) in [6.45, 7) is 1.76. The van der Waals surface area contributed by atoms with Crippen molar-refractivity contribution in [1.29, 1.82) is 0 Å². The Balaban J connectivity index is 2.27. The summed E-state index contributed by atoms with van der Waals surface area (Å²) in [5, 5.41) is 10.2. The molecule has 1 aromatic heterocycles. The first-order valence-electron chi connectivity index (χ1n) is 6.14. The molecule has 0 radical (unpaired) electrons. The van der Waals surface area contributed by atoms with Crippen LogP contribution in [0, 0.1) is 0 Å². The maximum absolute atomic E-state index is 12.7. The van der Waals surface area contributed by atoms with E-state index in [1.54, 1.807) is 31.5 Å². The molecule has 2 unspecified atom stereocenters. The van der Waals surface area contributed by atoms with Gasteiger partial charge in [0, 0.05) is 18.3 Å². The molecule has 1 N–H and O–H groups in total. The zero-order valence-corrected chi connectivity index (χ0v) is 10.8. The summed E-state index contributed by atoms with van der Waals surface area (Å²) >= 11 is 0. The number of rotatable bonds is 3. The quantitative estimate of drug-likeness (QED) is 0.924. The number of aromatic nitrogens is 1. The second-order valence-electron chi connectivity index (χ2n) is 4.64. The van der Waals surface area contributed by atoms with Crippen LogP contribution < -0.4 is 0 Å². The smallest absolute Gasteiger partial charge is 0.388 e. The van der Waals surface area contributed by atoms with Gasteiger partial charge in [-0.3, -0.25) is 4.98 Å². The average molecular weight is 281 g/mol. The van der Waals surface area contributed by atoms with Gasteiger partial charge in [0.25, 0.3) is 0 Å². The predicted molar refractivity (Wildman–Crippen MR) is 69.1 cm³/mol. The third-order valence-electron chi connectivity index (χ3n) is 3.26. The lowest BCUT2D eigenvalue weighted by Crippen LogP contribution is -2.10. The molecule has 20 heavy (non-hydrogen) atoms. The van der Waals surface area contributed by atoms with Gasteiger partial charge in [-0.1, -0.05) is 19.1 Å². The van der Waals surface area contributed by atoms with Gasteiger partial charge >= 0.3 is 6.18 Å². The Kier molecular flexibility index (Phi) is 4.09. The fourth-order valence-electron chi connectivity index (χ4n) is 2.04. The largest absolute Gasteiger partial charge is 0.416 e. The van der Waals surface area contributed by atoms with Gasteiger partial charge in [0.05, 0.1) is 11.7 Å². The molecule has 0 aliphatic heterocycles. The first-order valence-corrected chi connectivity index (χ1v) is 6.14. The van der Waals surface area contributed by atoms with Gasteiger partial charge in [0.1, 0.15) is 0 Å². The molecule has 0 fully saturated rings. The Labute approximate surface area is 114 Å². The Hall–Kier alpha value is -1.88. The van der Waals surface area contributed by atoms with Crippen LogP contribution in [0.5, 0.6) is 0 Å². The highest BCUT2D eigenvalue weighted by Crippen LogP contribution is 2.34. The third kappa shape index (κ3) is 3.17. The van der Waals surface area contributed by atoms with Crippen LogP contribution in [0.2, 0.25) is 0 Å². The van der Waals surface area contributed by atoms with Crippen LogP contribution in [0.25, 0.3) is 0 Å². The molecule has 0 amide bonds. The van der Waals surface area contributed by atoms with Crippen LogP contribution in [-0.2, 0) is 6.18 Å². The number of nitrogens with zero attached hydrogens (tertiary/aromatic N) is 1. The van der Waals surface area contributed by atoms with Crippen molar-refractivity contribution in [2.45, 2.75) is 25.1 Å². The van der Waals surface area contributed by atoms with Crippen molar-refractivity contribution >= 4 is 0 Å². The fourth-order valence-corrected chi connectivity index (χ4v) is 2.04. The molecule has 5 heteroatoms. The molecule has 1 heterocycles. The number of halogens is 3. The van der Waals surface area contributed by atoms with Gasteiger partial charge in [-0.2, -0.15) is 13.2 Å². The molecule has 2 rings (SSSR count). The van der Waals surface area contributed by atoms with Crippen LogP contribution in [0.3, 0.4) is 0 Å². The summed E-state index contributed by atoms with van der Waals surface area (Å²) in [6.07, 6.45) is -2.23. The van der Waals surface area contributed by atoms with E-state index in [-0.39, 0.29) is 11.5 Å². The van der Waals surface area contributed by atoms with Crippen molar-refractivity contribution in [2.75, 3.05) is 0 Å². The van der Waals surface area contributed by atoms with Crippen LogP contribution in [-0.4, -0.2) is 10.1 Å². The molecule has 0 aliphatic carbocycles. The molecule has 2 atom stereocenters. The van der Waals surface area contributed by atoms with Crippen molar-refractivity contribution in [1.82, 2.24) is 4.98 Å². The number of aliphatic hydroxyl groups is 1. The van der Waals surface area contributed by atoms with Crippen molar-refractivity contribution in [3.8, 4) is 0 Å². The Morgan fingerprint density at radius 2 is 1.70 bits per heavy atom. The van der Waals surface area contributed by atoms with Crippen molar-refractivity contribution < 1.29 is 18.3 Å². The Morgan fingerprint density at radius 3 is 2.30 bits per heavy atom. The standard InChI is InChI=1S/C15H14F3NO/c1-10(11-5-7-19-8-6-11)14(20)12-3-2-4-13(9-12)15(16,17)18/h2-10,14,20H,1H3. The summed E-state index contributed by atoms with van der Waals surface area (Å²) in [7, 11) is 0. The molecule has 0 spiro atoms. The first-order chi connectivity index (χ1) is 9.39. The number of alkyl halides is 3. The minimum Gasteiger partial charge on any atom is -0.388 e. The second kappa shape index (κ2) is 5.63. The number of hydrogen-bond donors (Lipinski definition) is 1. The lowest BCUT2D eigenvalue weighted by atomic mass is 9.91. The number of pyridine rings is 1. The van der Waals surface area contributed by atoms with Gasteiger partial charge in [-0.25, -0.2) is 0 Å². The maximum Gasteiger partial charge on any atom is 0.416 e. The van der Waals surface area contributed by atoms with Crippen molar-refractivity contribution in [2.24, 2.45) is 0 Å². The van der Waals surface area contributed by atoms with E-state index >= 15 is 0 Å². The molecule has 2 nitrogen and oxygen atoms in total. The predicted octanol–water partition coefficient (Wildman–Crippen LogP) is 3.94. The number of hydrogen-bond acceptors (Lipinski definition) is 2. The molecule has 0 saturated heterocycles. The SMILES string of the molecule is CC(c1ccncc1)C(O)c1cccc(C(F)(F)F)c1. The summed E-state index contributed by atoms with van der Waals surface area (Å²) in [5.74, 6) is -0.318. The van der Waals surface area contributed by atoms with Gasteiger partial charge in [0.2, 0.25) is 0 Å². The molecule has 0 bridgehead atoms. The molecular weight excluding hydrogens is 267 g/mol. The molecule has 1 aromatic carbocycles. The van der Waals surface area contributed by atoms with E-state index in [4.69, 9.17) is 0 Å². The average Bonchev–Trinajstić information content (AvgIpc) is 2.46. The lowest BCUT2D eigenvalue weighted by molar-refractivity contribution is -0.137. The van der Waals surface area contributed by atoms with Crippen LogP contribution in [0.15, 0.2) is 48.8 Å². The topological polar surface area (TPSA) is 33.1 Å². The van der Waals surface area contributed by atoms with E-state index in [1.165, 1.54) is 12.1 Å². The highest BCUT2D eigenvalue weighted by atomic mass is 19.4. The van der Waals surface area contributed by atoms with Crippen LogP contribution in [0.1, 0.15) is 35.6 Å². The zero-order chi connectivity index (χ0) is 14.8. The zero-order valence-electron chi connectivity index (χ0n) is 10.8. The fraction of sp³-hybridized carbons (Fsp3) is 0.267. The monoisotopic (exact) mass is 281 g/mol. The summed E-state index contributed by atoms with van der Waals surface area (Å²) in [5.41, 5.74) is 0.324. The van der Waals surface area contributed by atoms with Gasteiger partial charge in [0.15, 0.2) is 0 Å². The molecule has 0 saturated carbocycles. The van der Waals surface area contributed by atoms with Crippen molar-refractivity contribution in [3.05, 3.63) is 65.5 Å². The molecular formula is C15H14F3NO. The molecule has 2 aromatic rings. The minimum atomic E-state index is -4.41. The minimum absolute atomic E-state index is 0.254. The van der Waals surface area contributed by atoms with Gasteiger partial charge < -0.3 is 5.11 Å². The lowest BCUT2D eigenvalue weighted by Gasteiger charge is -2.20. The highest BCUT2D eigenvalue weighted by Gasteiger charge is 2.31. The van der Waals surface area contributed by atoms with E-state index in [2.05, 4.69) is 4.98 Å². The van der Waals surface area contributed by atoms with Gasteiger partial charge in [-0.05, 0) is 35.4 Å². The Morgan fingerprint density at radius 1 is 1.05 bits per heavy atom. The number of benzene rings is 1. The van der Waals surface area contributed by atoms with Gasteiger partial charge in [-0.15, -0.1) is 0 Å². The Bertz CT molecular complexity index is 569. The van der Waals surface area contributed by atoms with E-state index in [9.17, 15) is 18.3 Å². The van der Waals surface area contributed by atoms with Crippen LogP contribution >= 0.6 is 0 Å². The summed E-state index contributed by atoms with van der Waals surface area (Å²) in [6, 6.07) is 8.26. The summed E-state index contributed by atoms with van der Waals surface area (Å²) in [4.78, 5) is 3.88. The third-order valence-corrected chi connectivity index (χ3v) is 3.26. The molecule has 106 valence electrons. The van der Waals surface area contributed by atoms with Crippen LogP contribution in [0.4, 0.5) is 13.2 Å². The van der Waals surface area contributed by atoms with E-state index in [0.29, 0.717) is 0 Å². The first kappa shape index (κ1) is 14.5. The maximum atomic E-state index is 12.7. The number of aliphatic hydroxyl groups excluding tert-OH is 1. The van der Waals surface area contributed by atoms with E-state index < -0.39 is 17.8 Å². The van der Waals surface area contributed by atoms with Crippen molar-refractivity contribution in [3.63, 3.8) is 0 Å². The summed E-state index contributed by atoms with van der Waals surface area (Å²) < 4.78 is 38.0. The molecule has 0 aliphatic rings.